The highest BCUT2D eigenvalue weighted by molar-refractivity contribution is 9.09. The van der Waals surface area contributed by atoms with E-state index in [1.165, 1.54) is 12.1 Å². The minimum absolute atomic E-state index is 0.140. The first kappa shape index (κ1) is 15.7. The van der Waals surface area contributed by atoms with Gasteiger partial charge in [-0.05, 0) is 24.3 Å². The third-order valence-electron chi connectivity index (χ3n) is 3.14. The zero-order valence-electron chi connectivity index (χ0n) is 10.5. The standard InChI is InChI=1S/C12H14BrF2NO3S/c13-7-10-8-19-6-5-16(10)9-1-3-11(4-2-9)20(17,18)12(14)15/h1-4,10,12H,5-8H2. The van der Waals surface area contributed by atoms with Gasteiger partial charge in [0, 0.05) is 17.6 Å². The predicted octanol–water partition coefficient (Wildman–Crippen LogP) is 2.28. The van der Waals surface area contributed by atoms with Crippen molar-refractivity contribution in [3.63, 3.8) is 0 Å². The summed E-state index contributed by atoms with van der Waals surface area (Å²) in [6, 6.07) is 5.68. The van der Waals surface area contributed by atoms with Crippen molar-refractivity contribution in [2.45, 2.75) is 16.7 Å². The molecule has 20 heavy (non-hydrogen) atoms. The number of ether oxygens (including phenoxy) is 1. The topological polar surface area (TPSA) is 46.6 Å². The van der Waals surface area contributed by atoms with Crippen molar-refractivity contribution in [3.05, 3.63) is 24.3 Å². The Balaban J connectivity index is 2.24. The summed E-state index contributed by atoms with van der Waals surface area (Å²) in [7, 11) is -4.53. The van der Waals surface area contributed by atoms with E-state index < -0.39 is 15.6 Å². The van der Waals surface area contributed by atoms with E-state index in [0.29, 0.717) is 25.1 Å². The fourth-order valence-electron chi connectivity index (χ4n) is 2.05. The number of halogens is 3. The molecule has 4 nitrogen and oxygen atoms in total. The number of hydrogen-bond donors (Lipinski definition) is 0. The van der Waals surface area contributed by atoms with E-state index in [2.05, 4.69) is 20.8 Å². The van der Waals surface area contributed by atoms with Gasteiger partial charge in [-0.25, -0.2) is 8.42 Å². The van der Waals surface area contributed by atoms with Crippen molar-refractivity contribution in [2.24, 2.45) is 0 Å². The Morgan fingerprint density at radius 3 is 2.55 bits per heavy atom. The van der Waals surface area contributed by atoms with E-state index in [1.54, 1.807) is 12.1 Å². The fraction of sp³-hybridized carbons (Fsp3) is 0.500. The van der Waals surface area contributed by atoms with E-state index in [-0.39, 0.29) is 10.9 Å². The van der Waals surface area contributed by atoms with Crippen molar-refractivity contribution >= 4 is 31.5 Å². The number of morpholine rings is 1. The Kier molecular flexibility index (Phi) is 4.98. The molecular weight excluding hydrogens is 356 g/mol. The molecule has 0 radical (unpaired) electrons. The van der Waals surface area contributed by atoms with E-state index in [0.717, 1.165) is 5.69 Å². The van der Waals surface area contributed by atoms with E-state index in [4.69, 9.17) is 4.74 Å². The van der Waals surface area contributed by atoms with Crippen molar-refractivity contribution in [3.8, 4) is 0 Å². The lowest BCUT2D eigenvalue weighted by Gasteiger charge is -2.36. The first-order valence-corrected chi connectivity index (χ1v) is 8.66. The van der Waals surface area contributed by atoms with Crippen LogP contribution in [0.4, 0.5) is 14.5 Å². The Labute approximate surface area is 124 Å². The highest BCUT2D eigenvalue weighted by Gasteiger charge is 2.27. The van der Waals surface area contributed by atoms with Gasteiger partial charge in [-0.15, -0.1) is 0 Å². The predicted molar refractivity (Wildman–Crippen MR) is 75.4 cm³/mol. The van der Waals surface area contributed by atoms with Gasteiger partial charge in [-0.2, -0.15) is 8.78 Å². The highest BCUT2D eigenvalue weighted by atomic mass is 79.9. The molecule has 8 heteroatoms. The monoisotopic (exact) mass is 369 g/mol. The number of benzene rings is 1. The maximum absolute atomic E-state index is 12.4. The lowest BCUT2D eigenvalue weighted by atomic mass is 10.2. The molecule has 0 aromatic heterocycles. The van der Waals surface area contributed by atoms with Gasteiger partial charge >= 0.3 is 5.76 Å². The number of rotatable bonds is 4. The van der Waals surface area contributed by atoms with Crippen LogP contribution in [0.2, 0.25) is 0 Å². The van der Waals surface area contributed by atoms with Crippen LogP contribution in [0.15, 0.2) is 29.2 Å². The molecule has 1 aliphatic rings. The number of alkyl halides is 3. The van der Waals surface area contributed by atoms with E-state index in [1.807, 2.05) is 0 Å². The molecule has 1 unspecified atom stereocenters. The maximum atomic E-state index is 12.4. The second-order valence-electron chi connectivity index (χ2n) is 4.38. The lowest BCUT2D eigenvalue weighted by molar-refractivity contribution is 0.100. The molecule has 1 fully saturated rings. The molecule has 0 amide bonds. The SMILES string of the molecule is O=S(=O)(c1ccc(N2CCOCC2CBr)cc1)C(F)F. The molecule has 1 heterocycles. The van der Waals surface area contributed by atoms with Gasteiger partial charge in [0.15, 0.2) is 0 Å². The summed E-state index contributed by atoms with van der Waals surface area (Å²) in [4.78, 5) is 1.71. The molecule has 1 atom stereocenters. The maximum Gasteiger partial charge on any atom is 0.341 e. The molecule has 0 bridgehead atoms. The number of hydrogen-bond acceptors (Lipinski definition) is 4. The molecule has 0 saturated carbocycles. The Bertz CT molecular complexity index is 550. The number of anilines is 1. The quantitative estimate of drug-likeness (QED) is 0.763. The van der Waals surface area contributed by atoms with Gasteiger partial charge < -0.3 is 9.64 Å². The van der Waals surface area contributed by atoms with Crippen LogP contribution in [0.1, 0.15) is 0 Å². The van der Waals surface area contributed by atoms with E-state index >= 15 is 0 Å². The van der Waals surface area contributed by atoms with Crippen molar-refractivity contribution in [1.29, 1.82) is 0 Å². The van der Waals surface area contributed by atoms with E-state index in [9.17, 15) is 17.2 Å². The van der Waals surface area contributed by atoms with Crippen LogP contribution in [-0.4, -0.2) is 45.3 Å². The first-order valence-electron chi connectivity index (χ1n) is 5.99. The van der Waals surface area contributed by atoms with Gasteiger partial charge in [-0.3, -0.25) is 0 Å². The van der Waals surface area contributed by atoms with Gasteiger partial charge in [0.1, 0.15) is 0 Å². The van der Waals surface area contributed by atoms with Crippen LogP contribution >= 0.6 is 15.9 Å². The molecule has 1 aromatic carbocycles. The summed E-state index contributed by atoms with van der Waals surface area (Å²) in [5.41, 5.74) is 0.797. The van der Waals surface area contributed by atoms with Crippen LogP contribution in [0.25, 0.3) is 0 Å². The minimum Gasteiger partial charge on any atom is -0.377 e. The van der Waals surface area contributed by atoms with Crippen LogP contribution in [-0.2, 0) is 14.6 Å². The minimum atomic E-state index is -4.53. The Hall–Kier alpha value is -0.730. The number of sulfone groups is 1. The van der Waals surface area contributed by atoms with Crippen molar-refractivity contribution in [1.82, 2.24) is 0 Å². The second-order valence-corrected chi connectivity index (χ2v) is 6.94. The third kappa shape index (κ3) is 3.12. The molecule has 0 aliphatic carbocycles. The zero-order chi connectivity index (χ0) is 14.8. The Morgan fingerprint density at radius 1 is 1.35 bits per heavy atom. The van der Waals surface area contributed by atoms with Crippen molar-refractivity contribution in [2.75, 3.05) is 30.0 Å². The van der Waals surface area contributed by atoms with Gasteiger partial charge in [-0.1, -0.05) is 15.9 Å². The summed E-state index contributed by atoms with van der Waals surface area (Å²) >= 11 is 3.40. The number of nitrogens with zero attached hydrogens (tertiary/aromatic N) is 1. The molecule has 2 rings (SSSR count). The molecule has 0 spiro atoms. The first-order chi connectivity index (χ1) is 9.46. The van der Waals surface area contributed by atoms with Crippen LogP contribution in [0.3, 0.4) is 0 Å². The summed E-state index contributed by atoms with van der Waals surface area (Å²) in [6.07, 6.45) is 0. The normalized spacial score (nSPS) is 20.4. The summed E-state index contributed by atoms with van der Waals surface area (Å²) in [5.74, 6) is -3.40. The third-order valence-corrected chi connectivity index (χ3v) is 5.28. The van der Waals surface area contributed by atoms with Gasteiger partial charge in [0.05, 0.1) is 24.2 Å². The lowest BCUT2D eigenvalue weighted by Crippen LogP contribution is -2.46. The summed E-state index contributed by atoms with van der Waals surface area (Å²) in [6.45, 7) is 1.83. The molecule has 0 N–H and O–H groups in total. The zero-order valence-corrected chi connectivity index (χ0v) is 12.9. The molecule has 1 aromatic rings. The van der Waals surface area contributed by atoms with Gasteiger partial charge in [0.25, 0.3) is 0 Å². The van der Waals surface area contributed by atoms with Gasteiger partial charge in [0.2, 0.25) is 9.84 Å². The molecule has 1 aliphatic heterocycles. The second kappa shape index (κ2) is 6.36. The largest absolute Gasteiger partial charge is 0.377 e. The smallest absolute Gasteiger partial charge is 0.341 e. The average Bonchev–Trinajstić information content (AvgIpc) is 2.47. The van der Waals surface area contributed by atoms with Crippen molar-refractivity contribution < 1.29 is 21.9 Å². The average molecular weight is 370 g/mol. The molecule has 112 valence electrons. The highest BCUT2D eigenvalue weighted by Crippen LogP contribution is 2.25. The van der Waals surface area contributed by atoms with Crippen LogP contribution < -0.4 is 4.90 Å². The fourth-order valence-corrected chi connectivity index (χ4v) is 3.31. The summed E-state index contributed by atoms with van der Waals surface area (Å²) in [5, 5.41) is 0.712. The Morgan fingerprint density at radius 2 is 2.00 bits per heavy atom. The molecule has 1 saturated heterocycles. The summed E-state index contributed by atoms with van der Waals surface area (Å²) < 4.78 is 53.0. The van der Waals surface area contributed by atoms with Crippen LogP contribution in [0.5, 0.6) is 0 Å². The van der Waals surface area contributed by atoms with Crippen LogP contribution in [0, 0.1) is 0 Å². The molecular formula is C12H14BrF2NO3S.